The fraction of sp³-hybridized carbons (Fsp3) is 0.0870. The van der Waals surface area contributed by atoms with Gasteiger partial charge in [0.15, 0.2) is 0 Å². The maximum absolute atomic E-state index is 12.5. The van der Waals surface area contributed by atoms with Gasteiger partial charge in [-0.1, -0.05) is 47.6 Å². The Morgan fingerprint density at radius 2 is 1.60 bits per heavy atom. The van der Waals surface area contributed by atoms with E-state index in [4.69, 9.17) is 13.9 Å². The molecule has 0 saturated heterocycles. The van der Waals surface area contributed by atoms with Gasteiger partial charge in [-0.3, -0.25) is 10.1 Å². The Morgan fingerprint density at radius 1 is 0.867 bits per heavy atom. The van der Waals surface area contributed by atoms with Crippen molar-refractivity contribution in [1.29, 1.82) is 0 Å². The molecule has 1 aromatic heterocycles. The normalized spacial score (nSPS) is 10.5. The molecule has 0 aliphatic carbocycles. The quantitative estimate of drug-likeness (QED) is 0.505. The van der Waals surface area contributed by atoms with Gasteiger partial charge in [0.2, 0.25) is 0 Å². The summed E-state index contributed by atoms with van der Waals surface area (Å²) >= 11 is 0. The first-order chi connectivity index (χ1) is 14.7. The second-order valence-corrected chi connectivity index (χ2v) is 6.38. The zero-order chi connectivity index (χ0) is 20.9. The van der Waals surface area contributed by atoms with Gasteiger partial charge in [-0.15, -0.1) is 5.10 Å². The largest absolute Gasteiger partial charge is 0.497 e. The number of hydrogen-bond acceptors (Lipinski definition) is 6. The van der Waals surface area contributed by atoms with Crippen molar-refractivity contribution in [1.82, 2.24) is 10.2 Å². The highest BCUT2D eigenvalue weighted by Crippen LogP contribution is 2.33. The Kier molecular flexibility index (Phi) is 5.43. The van der Waals surface area contributed by atoms with Crippen molar-refractivity contribution in [3.05, 3.63) is 78.4 Å². The Bertz CT molecular complexity index is 1150. The number of carbonyl (C=O) groups is 1. The van der Waals surface area contributed by atoms with E-state index < -0.39 is 0 Å². The maximum Gasteiger partial charge on any atom is 0.322 e. The van der Waals surface area contributed by atoms with Crippen LogP contribution in [0.3, 0.4) is 0 Å². The number of aromatic nitrogens is 2. The molecular weight excluding hydrogens is 382 g/mol. The molecule has 30 heavy (non-hydrogen) atoms. The van der Waals surface area contributed by atoms with Gasteiger partial charge in [0, 0.05) is 5.56 Å². The third-order valence-electron chi connectivity index (χ3n) is 4.54. The molecule has 7 heteroatoms. The number of ether oxygens (including phenoxy) is 2. The number of nitrogens with zero attached hydrogens (tertiary/aromatic N) is 2. The van der Waals surface area contributed by atoms with Crippen LogP contribution in [-0.4, -0.2) is 30.3 Å². The summed E-state index contributed by atoms with van der Waals surface area (Å²) in [6, 6.07) is 22.4. The molecule has 150 valence electrons. The fourth-order valence-electron chi connectivity index (χ4n) is 2.98. The summed E-state index contributed by atoms with van der Waals surface area (Å²) in [7, 11) is 3.11. The van der Waals surface area contributed by atoms with Crippen molar-refractivity contribution >= 4 is 11.9 Å². The monoisotopic (exact) mass is 401 g/mol. The molecule has 7 nitrogen and oxygen atoms in total. The van der Waals surface area contributed by atoms with Crippen molar-refractivity contribution in [2.24, 2.45) is 0 Å². The zero-order valence-corrected chi connectivity index (χ0v) is 16.5. The standard InChI is InChI=1S/C23H19N3O4/c1-28-18-12-13-20(29-2)19(14-18)22-25-26-23(30-22)24-21(27)17-10-8-16(9-11-17)15-6-4-3-5-7-15/h3-14H,1-2H3,(H,24,26,27). The molecule has 0 unspecified atom stereocenters. The van der Waals surface area contributed by atoms with Crippen LogP contribution in [0.4, 0.5) is 6.01 Å². The van der Waals surface area contributed by atoms with Crippen molar-refractivity contribution < 1.29 is 18.7 Å². The fourth-order valence-corrected chi connectivity index (χ4v) is 2.98. The first-order valence-corrected chi connectivity index (χ1v) is 9.20. The van der Waals surface area contributed by atoms with Crippen LogP contribution in [0.25, 0.3) is 22.6 Å². The predicted octanol–water partition coefficient (Wildman–Crippen LogP) is 4.67. The molecule has 3 aromatic carbocycles. The van der Waals surface area contributed by atoms with E-state index in [1.807, 2.05) is 42.5 Å². The molecule has 4 aromatic rings. The highest BCUT2D eigenvalue weighted by atomic mass is 16.5. The maximum atomic E-state index is 12.5. The number of methoxy groups -OCH3 is 2. The van der Waals surface area contributed by atoms with E-state index in [9.17, 15) is 4.79 Å². The van der Waals surface area contributed by atoms with Gasteiger partial charge in [0.1, 0.15) is 11.5 Å². The lowest BCUT2D eigenvalue weighted by Crippen LogP contribution is -2.11. The van der Waals surface area contributed by atoms with Gasteiger partial charge < -0.3 is 13.9 Å². The molecule has 0 aliphatic rings. The molecule has 0 fully saturated rings. The van der Waals surface area contributed by atoms with E-state index in [0.717, 1.165) is 11.1 Å². The van der Waals surface area contributed by atoms with E-state index in [2.05, 4.69) is 15.5 Å². The SMILES string of the molecule is COc1ccc(OC)c(-c2nnc(NC(=O)c3ccc(-c4ccccc4)cc3)o2)c1. The predicted molar refractivity (Wildman–Crippen MR) is 113 cm³/mol. The molecule has 0 saturated carbocycles. The lowest BCUT2D eigenvalue weighted by molar-refractivity contribution is 0.102. The molecule has 1 amide bonds. The first-order valence-electron chi connectivity index (χ1n) is 9.20. The van der Waals surface area contributed by atoms with Crippen LogP contribution in [-0.2, 0) is 0 Å². The summed E-state index contributed by atoms with van der Waals surface area (Å²) in [6.07, 6.45) is 0. The van der Waals surface area contributed by atoms with Gasteiger partial charge >= 0.3 is 6.01 Å². The van der Waals surface area contributed by atoms with Gasteiger partial charge in [0.05, 0.1) is 19.8 Å². The summed E-state index contributed by atoms with van der Waals surface area (Å²) in [5.74, 6) is 1.03. The highest BCUT2D eigenvalue weighted by molar-refractivity contribution is 6.03. The molecule has 4 rings (SSSR count). The number of rotatable bonds is 6. The average molecular weight is 401 g/mol. The molecule has 0 spiro atoms. The van der Waals surface area contributed by atoms with Gasteiger partial charge in [0.25, 0.3) is 11.8 Å². The number of hydrogen-bond donors (Lipinski definition) is 1. The number of nitrogens with one attached hydrogen (secondary N) is 1. The van der Waals surface area contributed by atoms with Crippen LogP contribution in [0, 0.1) is 0 Å². The summed E-state index contributed by atoms with van der Waals surface area (Å²) in [5.41, 5.74) is 3.15. The van der Waals surface area contributed by atoms with E-state index in [1.165, 1.54) is 0 Å². The van der Waals surface area contributed by atoms with Crippen molar-refractivity contribution in [3.63, 3.8) is 0 Å². The number of anilines is 1. The van der Waals surface area contributed by atoms with Gasteiger partial charge in [-0.2, -0.15) is 0 Å². The average Bonchev–Trinajstić information content (AvgIpc) is 3.27. The summed E-state index contributed by atoms with van der Waals surface area (Å²) < 4.78 is 16.2. The summed E-state index contributed by atoms with van der Waals surface area (Å²) in [6.45, 7) is 0. The lowest BCUT2D eigenvalue weighted by Gasteiger charge is -2.07. The van der Waals surface area contributed by atoms with Crippen molar-refractivity contribution in [2.75, 3.05) is 19.5 Å². The van der Waals surface area contributed by atoms with E-state index in [1.54, 1.807) is 44.6 Å². The van der Waals surface area contributed by atoms with Gasteiger partial charge in [-0.25, -0.2) is 0 Å². The van der Waals surface area contributed by atoms with Crippen LogP contribution >= 0.6 is 0 Å². The summed E-state index contributed by atoms with van der Waals surface area (Å²) in [4.78, 5) is 12.5. The van der Waals surface area contributed by atoms with E-state index >= 15 is 0 Å². The minimum Gasteiger partial charge on any atom is -0.497 e. The molecule has 0 aliphatic heterocycles. The molecule has 1 heterocycles. The molecular formula is C23H19N3O4. The second-order valence-electron chi connectivity index (χ2n) is 6.38. The van der Waals surface area contributed by atoms with Crippen molar-refractivity contribution in [2.45, 2.75) is 0 Å². The van der Waals surface area contributed by atoms with Crippen LogP contribution in [0.1, 0.15) is 10.4 Å². The zero-order valence-electron chi connectivity index (χ0n) is 16.5. The molecule has 0 radical (unpaired) electrons. The highest BCUT2D eigenvalue weighted by Gasteiger charge is 2.17. The van der Waals surface area contributed by atoms with E-state index in [0.29, 0.717) is 22.6 Å². The minimum absolute atomic E-state index is 0.00740. The Morgan fingerprint density at radius 3 is 2.30 bits per heavy atom. The van der Waals surface area contributed by atoms with E-state index in [-0.39, 0.29) is 17.8 Å². The Labute approximate surface area is 173 Å². The number of benzene rings is 3. The Balaban J connectivity index is 1.51. The number of amides is 1. The van der Waals surface area contributed by atoms with Crippen LogP contribution < -0.4 is 14.8 Å². The van der Waals surface area contributed by atoms with Crippen LogP contribution in [0.5, 0.6) is 11.5 Å². The van der Waals surface area contributed by atoms with Crippen LogP contribution in [0.2, 0.25) is 0 Å². The lowest BCUT2D eigenvalue weighted by atomic mass is 10.0. The topological polar surface area (TPSA) is 86.5 Å². The number of carbonyl (C=O) groups excluding carboxylic acids is 1. The first kappa shape index (κ1) is 19.2. The molecule has 1 N–H and O–H groups in total. The van der Waals surface area contributed by atoms with Gasteiger partial charge in [-0.05, 0) is 41.5 Å². The molecule has 0 atom stereocenters. The smallest absolute Gasteiger partial charge is 0.322 e. The third kappa shape index (κ3) is 4.00. The summed E-state index contributed by atoms with van der Waals surface area (Å²) in [5, 5.41) is 10.5. The van der Waals surface area contributed by atoms with Crippen molar-refractivity contribution in [3.8, 4) is 34.1 Å². The molecule has 0 bridgehead atoms. The second kappa shape index (κ2) is 8.48. The minimum atomic E-state index is -0.345. The third-order valence-corrected chi connectivity index (χ3v) is 4.54. The Hall–Kier alpha value is -4.13. The van der Waals surface area contributed by atoms with Crippen LogP contribution in [0.15, 0.2) is 77.2 Å².